The molecule has 1 rings (SSSR count). The van der Waals surface area contributed by atoms with Gasteiger partial charge in [0, 0.05) is 20.2 Å². The fourth-order valence-corrected chi connectivity index (χ4v) is 1.92. The van der Waals surface area contributed by atoms with E-state index in [-0.39, 0.29) is 24.4 Å². The highest BCUT2D eigenvalue weighted by molar-refractivity contribution is 5.85. The van der Waals surface area contributed by atoms with Crippen molar-refractivity contribution in [2.24, 2.45) is 11.7 Å². The highest BCUT2D eigenvalue weighted by Gasteiger charge is 2.24. The van der Waals surface area contributed by atoms with E-state index in [1.807, 2.05) is 4.90 Å². The molecule has 1 unspecified atom stereocenters. The Labute approximate surface area is 97.5 Å². The standard InChI is InChI=1S/C10H20N2O2.ClH/c1-8(11)10(13)12-5-3-4-9(6-12)7-14-2;/h8-9H,3-7,11H2,1-2H3;1H/t8-,9?;/m1./s1. The number of methoxy groups -OCH3 is 1. The van der Waals surface area contributed by atoms with Crippen LogP contribution in [-0.4, -0.2) is 43.7 Å². The first-order chi connectivity index (χ1) is 6.65. The molecule has 0 aromatic heterocycles. The number of ether oxygens (including phenoxy) is 1. The molecule has 0 saturated carbocycles. The number of piperidine rings is 1. The predicted octanol–water partition coefficient (Wildman–Crippen LogP) is 0.640. The van der Waals surface area contributed by atoms with E-state index >= 15 is 0 Å². The maximum atomic E-state index is 11.6. The second kappa shape index (κ2) is 7.04. The molecule has 1 saturated heterocycles. The third-order valence-corrected chi connectivity index (χ3v) is 2.62. The van der Waals surface area contributed by atoms with Gasteiger partial charge >= 0.3 is 0 Å². The van der Waals surface area contributed by atoms with E-state index in [1.54, 1.807) is 14.0 Å². The van der Waals surface area contributed by atoms with Crippen LogP contribution in [0.3, 0.4) is 0 Å². The average molecular weight is 237 g/mol. The topological polar surface area (TPSA) is 55.6 Å². The number of carbonyl (C=O) groups excluding carboxylic acids is 1. The fourth-order valence-electron chi connectivity index (χ4n) is 1.92. The van der Waals surface area contributed by atoms with Crippen molar-refractivity contribution in [1.82, 2.24) is 4.90 Å². The van der Waals surface area contributed by atoms with E-state index in [2.05, 4.69) is 0 Å². The Balaban J connectivity index is 0.00000196. The van der Waals surface area contributed by atoms with Crippen molar-refractivity contribution in [3.8, 4) is 0 Å². The van der Waals surface area contributed by atoms with Gasteiger partial charge in [0.1, 0.15) is 0 Å². The predicted molar refractivity (Wildman–Crippen MR) is 62.1 cm³/mol. The van der Waals surface area contributed by atoms with Crippen molar-refractivity contribution in [2.75, 3.05) is 26.8 Å². The molecule has 0 aromatic carbocycles. The summed E-state index contributed by atoms with van der Waals surface area (Å²) in [5, 5.41) is 0. The van der Waals surface area contributed by atoms with Crippen LogP contribution in [0.5, 0.6) is 0 Å². The highest BCUT2D eigenvalue weighted by atomic mass is 35.5. The molecule has 0 bridgehead atoms. The van der Waals surface area contributed by atoms with Gasteiger partial charge in [-0.1, -0.05) is 0 Å². The maximum absolute atomic E-state index is 11.6. The van der Waals surface area contributed by atoms with Crippen LogP contribution in [0.1, 0.15) is 19.8 Å². The number of amides is 1. The minimum Gasteiger partial charge on any atom is -0.384 e. The summed E-state index contributed by atoms with van der Waals surface area (Å²) in [6.07, 6.45) is 2.21. The molecular formula is C10H21ClN2O2. The van der Waals surface area contributed by atoms with Crippen LogP contribution >= 0.6 is 12.4 Å². The van der Waals surface area contributed by atoms with E-state index in [1.165, 1.54) is 0 Å². The minimum absolute atomic E-state index is 0. The lowest BCUT2D eigenvalue weighted by molar-refractivity contribution is -0.134. The number of halogens is 1. The summed E-state index contributed by atoms with van der Waals surface area (Å²) >= 11 is 0. The Bertz CT molecular complexity index is 198. The SMILES string of the molecule is COCC1CCCN(C(=O)[C@@H](C)N)C1.Cl. The summed E-state index contributed by atoms with van der Waals surface area (Å²) in [7, 11) is 1.70. The van der Waals surface area contributed by atoms with Gasteiger partial charge in [-0.3, -0.25) is 4.79 Å². The van der Waals surface area contributed by atoms with Gasteiger partial charge in [-0.05, 0) is 25.7 Å². The van der Waals surface area contributed by atoms with Gasteiger partial charge in [-0.2, -0.15) is 0 Å². The van der Waals surface area contributed by atoms with Gasteiger partial charge in [0.15, 0.2) is 0 Å². The van der Waals surface area contributed by atoms with Crippen molar-refractivity contribution in [3.63, 3.8) is 0 Å². The molecule has 1 aliphatic heterocycles. The minimum atomic E-state index is -0.378. The Hall–Kier alpha value is -0.320. The normalized spacial score (nSPS) is 23.1. The van der Waals surface area contributed by atoms with E-state index < -0.39 is 0 Å². The average Bonchev–Trinajstić information content (AvgIpc) is 2.17. The summed E-state index contributed by atoms with van der Waals surface area (Å²) in [5.74, 6) is 0.544. The first-order valence-electron chi connectivity index (χ1n) is 5.18. The number of nitrogens with zero attached hydrogens (tertiary/aromatic N) is 1. The Kier molecular flexibility index (Phi) is 6.89. The van der Waals surface area contributed by atoms with Gasteiger partial charge in [0.2, 0.25) is 5.91 Å². The Morgan fingerprint density at radius 2 is 2.33 bits per heavy atom. The second-order valence-electron chi connectivity index (χ2n) is 4.04. The third-order valence-electron chi connectivity index (χ3n) is 2.62. The number of rotatable bonds is 3. The highest BCUT2D eigenvalue weighted by Crippen LogP contribution is 2.16. The fraction of sp³-hybridized carbons (Fsp3) is 0.900. The molecule has 2 atom stereocenters. The summed E-state index contributed by atoms with van der Waals surface area (Å²) in [6.45, 7) is 4.12. The number of likely N-dealkylation sites (tertiary alicyclic amines) is 1. The van der Waals surface area contributed by atoms with Crippen LogP contribution in [-0.2, 0) is 9.53 Å². The van der Waals surface area contributed by atoms with Gasteiger partial charge in [0.05, 0.1) is 12.6 Å². The molecule has 15 heavy (non-hydrogen) atoms. The molecule has 2 N–H and O–H groups in total. The quantitative estimate of drug-likeness (QED) is 0.783. The zero-order valence-electron chi connectivity index (χ0n) is 9.44. The lowest BCUT2D eigenvalue weighted by Gasteiger charge is -2.33. The first kappa shape index (κ1) is 14.7. The van der Waals surface area contributed by atoms with Gasteiger partial charge in [0.25, 0.3) is 0 Å². The number of hydrogen-bond donors (Lipinski definition) is 1. The van der Waals surface area contributed by atoms with E-state index in [0.717, 1.165) is 32.5 Å². The van der Waals surface area contributed by atoms with E-state index in [0.29, 0.717) is 5.92 Å². The van der Waals surface area contributed by atoms with Crippen LogP contribution in [0, 0.1) is 5.92 Å². The lowest BCUT2D eigenvalue weighted by Crippen LogP contribution is -2.47. The number of nitrogens with two attached hydrogens (primary N) is 1. The van der Waals surface area contributed by atoms with Crippen LogP contribution < -0.4 is 5.73 Å². The zero-order chi connectivity index (χ0) is 10.6. The summed E-state index contributed by atoms with van der Waals surface area (Å²) < 4.78 is 5.10. The number of hydrogen-bond acceptors (Lipinski definition) is 3. The van der Waals surface area contributed by atoms with Crippen molar-refractivity contribution in [2.45, 2.75) is 25.8 Å². The lowest BCUT2D eigenvalue weighted by atomic mass is 9.98. The van der Waals surface area contributed by atoms with Gasteiger partial charge < -0.3 is 15.4 Å². The number of carbonyl (C=O) groups is 1. The van der Waals surface area contributed by atoms with Crippen molar-refractivity contribution in [1.29, 1.82) is 0 Å². The monoisotopic (exact) mass is 236 g/mol. The maximum Gasteiger partial charge on any atom is 0.239 e. The smallest absolute Gasteiger partial charge is 0.239 e. The molecule has 0 aromatic rings. The molecule has 0 radical (unpaired) electrons. The summed E-state index contributed by atoms with van der Waals surface area (Å²) in [4.78, 5) is 13.5. The molecule has 0 spiro atoms. The first-order valence-corrected chi connectivity index (χ1v) is 5.18. The summed E-state index contributed by atoms with van der Waals surface area (Å²) in [6, 6.07) is -0.378. The Morgan fingerprint density at radius 1 is 1.67 bits per heavy atom. The van der Waals surface area contributed by atoms with Crippen LogP contribution in [0.2, 0.25) is 0 Å². The molecule has 1 aliphatic rings. The van der Waals surface area contributed by atoms with Crippen molar-refractivity contribution >= 4 is 18.3 Å². The van der Waals surface area contributed by atoms with Crippen LogP contribution in [0.15, 0.2) is 0 Å². The van der Waals surface area contributed by atoms with E-state index in [4.69, 9.17) is 10.5 Å². The molecule has 90 valence electrons. The van der Waals surface area contributed by atoms with Gasteiger partial charge in [-0.25, -0.2) is 0 Å². The molecule has 5 heteroatoms. The molecule has 1 fully saturated rings. The van der Waals surface area contributed by atoms with Crippen LogP contribution in [0.4, 0.5) is 0 Å². The molecule has 4 nitrogen and oxygen atoms in total. The largest absolute Gasteiger partial charge is 0.384 e. The van der Waals surface area contributed by atoms with Crippen LogP contribution in [0.25, 0.3) is 0 Å². The molecule has 1 heterocycles. The molecule has 1 amide bonds. The molecular weight excluding hydrogens is 216 g/mol. The van der Waals surface area contributed by atoms with E-state index in [9.17, 15) is 4.79 Å². The van der Waals surface area contributed by atoms with Gasteiger partial charge in [-0.15, -0.1) is 12.4 Å². The molecule has 0 aliphatic carbocycles. The van der Waals surface area contributed by atoms with Crippen molar-refractivity contribution < 1.29 is 9.53 Å². The second-order valence-corrected chi connectivity index (χ2v) is 4.04. The Morgan fingerprint density at radius 3 is 2.87 bits per heavy atom. The zero-order valence-corrected chi connectivity index (χ0v) is 10.3. The third kappa shape index (κ3) is 4.36. The summed E-state index contributed by atoms with van der Waals surface area (Å²) in [5.41, 5.74) is 5.56. The van der Waals surface area contributed by atoms with Crippen molar-refractivity contribution in [3.05, 3.63) is 0 Å².